The van der Waals surface area contributed by atoms with E-state index in [0.29, 0.717) is 30.5 Å². The first-order chi connectivity index (χ1) is 10.6. The summed E-state index contributed by atoms with van der Waals surface area (Å²) in [7, 11) is 0. The zero-order chi connectivity index (χ0) is 15.6. The maximum Gasteiger partial charge on any atom is 0.321 e. The molecule has 0 aromatic heterocycles. The van der Waals surface area contributed by atoms with Crippen molar-refractivity contribution in [2.24, 2.45) is 0 Å². The molecule has 0 radical (unpaired) electrons. The Bertz CT molecular complexity index is 677. The van der Waals surface area contributed by atoms with E-state index in [-0.39, 0.29) is 5.97 Å². The van der Waals surface area contributed by atoms with Crippen LogP contribution in [0.4, 0.5) is 0 Å². The van der Waals surface area contributed by atoms with Gasteiger partial charge < -0.3 is 14.2 Å². The Hall–Kier alpha value is -2.49. The third kappa shape index (κ3) is 2.77. The summed E-state index contributed by atoms with van der Waals surface area (Å²) >= 11 is 0. The molecule has 0 saturated heterocycles. The van der Waals surface area contributed by atoms with Crippen molar-refractivity contribution in [3.63, 3.8) is 0 Å². The number of esters is 1. The molecule has 0 bridgehead atoms. The number of hydrogen-bond acceptors (Lipinski definition) is 4. The van der Waals surface area contributed by atoms with Crippen LogP contribution in [0.5, 0.6) is 17.2 Å². The Morgan fingerprint density at radius 2 is 1.68 bits per heavy atom. The summed E-state index contributed by atoms with van der Waals surface area (Å²) in [5, 5.41) is 0. The van der Waals surface area contributed by atoms with E-state index in [1.165, 1.54) is 0 Å². The van der Waals surface area contributed by atoms with Gasteiger partial charge in [0.05, 0.1) is 5.41 Å². The summed E-state index contributed by atoms with van der Waals surface area (Å²) in [6.45, 7) is 4.74. The van der Waals surface area contributed by atoms with Gasteiger partial charge in [0.15, 0.2) is 11.5 Å². The van der Waals surface area contributed by atoms with Gasteiger partial charge in [-0.25, -0.2) is 0 Å². The molecule has 1 heterocycles. The van der Waals surface area contributed by atoms with Crippen LogP contribution in [-0.4, -0.2) is 19.2 Å². The van der Waals surface area contributed by atoms with Gasteiger partial charge in [-0.1, -0.05) is 24.3 Å². The zero-order valence-corrected chi connectivity index (χ0v) is 12.7. The van der Waals surface area contributed by atoms with Crippen molar-refractivity contribution in [1.82, 2.24) is 0 Å². The number of fused-ring (bicyclic) bond motifs is 1. The van der Waals surface area contributed by atoms with Crippen LogP contribution >= 0.6 is 0 Å². The largest absolute Gasteiger partial charge is 0.486 e. The maximum absolute atomic E-state index is 12.5. The molecular formula is C18H18O4. The van der Waals surface area contributed by atoms with Crippen LogP contribution in [-0.2, 0) is 10.2 Å². The van der Waals surface area contributed by atoms with E-state index in [4.69, 9.17) is 14.2 Å². The zero-order valence-electron chi connectivity index (χ0n) is 12.7. The third-order valence-electron chi connectivity index (χ3n) is 3.73. The van der Waals surface area contributed by atoms with Crippen LogP contribution in [0.15, 0.2) is 48.5 Å². The minimum atomic E-state index is -0.786. The highest BCUT2D eigenvalue weighted by atomic mass is 16.6. The molecule has 0 fully saturated rings. The van der Waals surface area contributed by atoms with Gasteiger partial charge in [-0.2, -0.15) is 0 Å². The van der Waals surface area contributed by atoms with Crippen molar-refractivity contribution in [1.29, 1.82) is 0 Å². The van der Waals surface area contributed by atoms with Crippen LogP contribution in [0.2, 0.25) is 0 Å². The second-order valence-corrected chi connectivity index (χ2v) is 5.69. The number of rotatable bonds is 3. The lowest BCUT2D eigenvalue weighted by Gasteiger charge is -2.25. The normalized spacial score (nSPS) is 13.5. The van der Waals surface area contributed by atoms with Crippen LogP contribution in [0.25, 0.3) is 0 Å². The van der Waals surface area contributed by atoms with E-state index in [9.17, 15) is 4.79 Å². The van der Waals surface area contributed by atoms with Crippen LogP contribution in [0, 0.1) is 0 Å². The van der Waals surface area contributed by atoms with Crippen molar-refractivity contribution in [3.8, 4) is 17.2 Å². The molecule has 3 rings (SSSR count). The summed E-state index contributed by atoms with van der Waals surface area (Å²) in [5.74, 6) is 1.61. The fourth-order valence-electron chi connectivity index (χ4n) is 2.27. The number of para-hydroxylation sites is 1. The maximum atomic E-state index is 12.5. The van der Waals surface area contributed by atoms with Gasteiger partial charge in [-0.3, -0.25) is 4.79 Å². The molecule has 1 aliphatic heterocycles. The molecule has 2 aromatic rings. The highest BCUT2D eigenvalue weighted by molar-refractivity contribution is 5.84. The topological polar surface area (TPSA) is 44.8 Å². The van der Waals surface area contributed by atoms with Crippen molar-refractivity contribution in [2.45, 2.75) is 19.3 Å². The second kappa shape index (κ2) is 5.72. The van der Waals surface area contributed by atoms with Crippen molar-refractivity contribution in [3.05, 3.63) is 54.1 Å². The van der Waals surface area contributed by atoms with E-state index >= 15 is 0 Å². The lowest BCUT2D eigenvalue weighted by atomic mass is 9.84. The van der Waals surface area contributed by atoms with Gasteiger partial charge in [0.1, 0.15) is 19.0 Å². The first-order valence-corrected chi connectivity index (χ1v) is 7.25. The summed E-state index contributed by atoms with van der Waals surface area (Å²) in [6, 6.07) is 14.6. The molecule has 0 amide bonds. The predicted octanol–water partition coefficient (Wildman–Crippen LogP) is 3.34. The van der Waals surface area contributed by atoms with Crippen molar-refractivity contribution < 1.29 is 19.0 Å². The molecule has 0 spiro atoms. The molecule has 2 aromatic carbocycles. The molecule has 4 heteroatoms. The summed E-state index contributed by atoms with van der Waals surface area (Å²) in [4.78, 5) is 12.5. The fraction of sp³-hybridized carbons (Fsp3) is 0.278. The number of benzene rings is 2. The number of carbonyl (C=O) groups is 1. The van der Waals surface area contributed by atoms with Gasteiger partial charge in [0, 0.05) is 0 Å². The average molecular weight is 298 g/mol. The number of hydrogen-bond donors (Lipinski definition) is 0. The highest BCUT2D eigenvalue weighted by Crippen LogP contribution is 2.35. The standard InChI is InChI=1S/C18H18O4/c1-18(2,17(19)22-14-6-4-3-5-7-14)13-8-9-15-16(12-13)21-11-10-20-15/h3-9,12H,10-11H2,1-2H3. The quantitative estimate of drug-likeness (QED) is 0.644. The first kappa shape index (κ1) is 14.4. The number of ether oxygens (including phenoxy) is 3. The molecule has 4 nitrogen and oxygen atoms in total. The summed E-state index contributed by atoms with van der Waals surface area (Å²) in [5.41, 5.74) is 0.0452. The Balaban J connectivity index is 1.84. The Kier molecular flexibility index (Phi) is 3.75. The molecule has 22 heavy (non-hydrogen) atoms. The monoisotopic (exact) mass is 298 g/mol. The molecule has 0 unspecified atom stereocenters. The van der Waals surface area contributed by atoms with Crippen LogP contribution in [0.3, 0.4) is 0 Å². The smallest absolute Gasteiger partial charge is 0.321 e. The van der Waals surface area contributed by atoms with Gasteiger partial charge in [-0.05, 0) is 43.7 Å². The number of carbonyl (C=O) groups excluding carboxylic acids is 1. The SMILES string of the molecule is CC(C)(C(=O)Oc1ccccc1)c1ccc2c(c1)OCCO2. The second-order valence-electron chi connectivity index (χ2n) is 5.69. The molecule has 114 valence electrons. The van der Waals surface area contributed by atoms with Gasteiger partial charge >= 0.3 is 5.97 Å². The lowest BCUT2D eigenvalue weighted by Crippen LogP contribution is -2.33. The summed E-state index contributed by atoms with van der Waals surface area (Å²) in [6.07, 6.45) is 0. The first-order valence-electron chi connectivity index (χ1n) is 7.25. The Morgan fingerprint density at radius 3 is 2.41 bits per heavy atom. The van der Waals surface area contributed by atoms with E-state index in [2.05, 4.69) is 0 Å². The van der Waals surface area contributed by atoms with Crippen molar-refractivity contribution >= 4 is 5.97 Å². The van der Waals surface area contributed by atoms with Crippen molar-refractivity contribution in [2.75, 3.05) is 13.2 Å². The van der Waals surface area contributed by atoms with Gasteiger partial charge in [0.2, 0.25) is 0 Å². The van der Waals surface area contributed by atoms with Crippen LogP contribution in [0.1, 0.15) is 19.4 Å². The molecule has 0 atom stereocenters. The molecule has 1 aliphatic rings. The van der Waals surface area contributed by atoms with E-state index in [1.54, 1.807) is 12.1 Å². The lowest BCUT2D eigenvalue weighted by molar-refractivity contribution is -0.139. The minimum absolute atomic E-state index is 0.310. The Morgan fingerprint density at radius 1 is 1.00 bits per heavy atom. The Labute approximate surface area is 129 Å². The van der Waals surface area contributed by atoms with Gasteiger partial charge in [0.25, 0.3) is 0 Å². The van der Waals surface area contributed by atoms with Gasteiger partial charge in [-0.15, -0.1) is 0 Å². The van der Waals surface area contributed by atoms with E-state index in [1.807, 2.05) is 50.2 Å². The minimum Gasteiger partial charge on any atom is -0.486 e. The predicted molar refractivity (Wildman–Crippen MR) is 82.5 cm³/mol. The summed E-state index contributed by atoms with van der Waals surface area (Å²) < 4.78 is 16.6. The highest BCUT2D eigenvalue weighted by Gasteiger charge is 2.33. The van der Waals surface area contributed by atoms with Crippen LogP contribution < -0.4 is 14.2 Å². The molecule has 0 aliphatic carbocycles. The third-order valence-corrected chi connectivity index (χ3v) is 3.73. The average Bonchev–Trinajstić information content (AvgIpc) is 2.55. The fourth-order valence-corrected chi connectivity index (χ4v) is 2.27. The van der Waals surface area contributed by atoms with E-state index < -0.39 is 5.41 Å². The molecule has 0 saturated carbocycles. The molecule has 0 N–H and O–H groups in total. The van der Waals surface area contributed by atoms with E-state index in [0.717, 1.165) is 5.56 Å². The molecular weight excluding hydrogens is 280 g/mol.